The van der Waals surface area contributed by atoms with Gasteiger partial charge >= 0.3 is 11.9 Å². The minimum atomic E-state index is -1.10. The molecule has 0 saturated heterocycles. The zero-order valence-corrected chi connectivity index (χ0v) is 20.0. The lowest BCUT2D eigenvalue weighted by molar-refractivity contribution is 0.0119. The monoisotopic (exact) mass is 432 g/mol. The quantitative estimate of drug-likeness (QED) is 0.188. The summed E-state index contributed by atoms with van der Waals surface area (Å²) < 4.78 is 5.78. The average Bonchev–Trinajstić information content (AvgIpc) is 2.78. The Kier molecular flexibility index (Phi) is 14.7. The van der Waals surface area contributed by atoms with Crippen molar-refractivity contribution in [2.24, 2.45) is 5.92 Å². The summed E-state index contributed by atoms with van der Waals surface area (Å²) in [7, 11) is 0. The third-order valence-corrected chi connectivity index (χ3v) is 6.26. The van der Waals surface area contributed by atoms with Crippen molar-refractivity contribution in [2.45, 2.75) is 117 Å². The number of carbonyl (C=O) groups excluding carboxylic acids is 1. The standard InChI is InChI=1S/C27H44O4/c1-4-6-7-8-9-10-11-12-13-14-15-16-21-25(22(3)5-2)31-27(30)24-20-18-17-19-23(24)26(28)29/h17-20,22,25H,4-16,21H2,1-3H3,(H,28,29). The van der Waals surface area contributed by atoms with E-state index in [-0.39, 0.29) is 23.1 Å². The van der Waals surface area contributed by atoms with Crippen LogP contribution < -0.4 is 0 Å². The topological polar surface area (TPSA) is 63.6 Å². The third kappa shape index (κ3) is 11.4. The van der Waals surface area contributed by atoms with Crippen LogP contribution in [-0.4, -0.2) is 23.1 Å². The molecule has 1 aromatic rings. The fourth-order valence-electron chi connectivity index (χ4n) is 3.96. The molecule has 176 valence electrons. The van der Waals surface area contributed by atoms with E-state index in [1.165, 1.54) is 76.3 Å². The van der Waals surface area contributed by atoms with Crippen molar-refractivity contribution in [1.82, 2.24) is 0 Å². The number of hydrogen-bond acceptors (Lipinski definition) is 3. The molecule has 2 unspecified atom stereocenters. The highest BCUT2D eigenvalue weighted by Gasteiger charge is 2.24. The summed E-state index contributed by atoms with van der Waals surface area (Å²) in [5, 5.41) is 9.32. The van der Waals surface area contributed by atoms with Crippen molar-refractivity contribution < 1.29 is 19.4 Å². The molecule has 0 bridgehead atoms. The molecule has 1 rings (SSSR count). The fourth-order valence-corrected chi connectivity index (χ4v) is 3.96. The molecule has 4 heteroatoms. The maximum Gasteiger partial charge on any atom is 0.339 e. The van der Waals surface area contributed by atoms with Gasteiger partial charge in [0, 0.05) is 0 Å². The van der Waals surface area contributed by atoms with E-state index in [1.807, 2.05) is 0 Å². The number of ether oxygens (including phenoxy) is 1. The Balaban J connectivity index is 2.31. The largest absolute Gasteiger partial charge is 0.478 e. The van der Waals surface area contributed by atoms with Crippen molar-refractivity contribution in [3.8, 4) is 0 Å². The molecular weight excluding hydrogens is 388 g/mol. The third-order valence-electron chi connectivity index (χ3n) is 6.26. The van der Waals surface area contributed by atoms with Gasteiger partial charge in [-0.3, -0.25) is 0 Å². The zero-order valence-electron chi connectivity index (χ0n) is 20.0. The highest BCUT2D eigenvalue weighted by molar-refractivity contribution is 6.02. The van der Waals surface area contributed by atoms with Gasteiger partial charge in [-0.1, -0.05) is 110 Å². The van der Waals surface area contributed by atoms with Crippen molar-refractivity contribution in [2.75, 3.05) is 0 Å². The predicted octanol–water partition coefficient (Wildman–Crippen LogP) is 8.05. The van der Waals surface area contributed by atoms with Crippen molar-refractivity contribution in [3.63, 3.8) is 0 Å². The van der Waals surface area contributed by atoms with E-state index in [4.69, 9.17) is 4.74 Å². The van der Waals surface area contributed by atoms with Gasteiger partial charge in [-0.25, -0.2) is 9.59 Å². The maximum atomic E-state index is 12.6. The Bertz CT molecular complexity index is 625. The van der Waals surface area contributed by atoms with Gasteiger partial charge in [0.2, 0.25) is 0 Å². The first-order chi connectivity index (χ1) is 15.0. The molecule has 0 radical (unpaired) electrons. The number of carbonyl (C=O) groups is 2. The van der Waals surface area contributed by atoms with Crippen LogP contribution >= 0.6 is 0 Å². The first-order valence-electron chi connectivity index (χ1n) is 12.5. The van der Waals surface area contributed by atoms with Gasteiger partial charge in [0.25, 0.3) is 0 Å². The normalized spacial score (nSPS) is 13.0. The van der Waals surface area contributed by atoms with E-state index < -0.39 is 11.9 Å². The van der Waals surface area contributed by atoms with E-state index >= 15 is 0 Å². The Labute approximate surface area is 189 Å². The molecule has 0 aliphatic rings. The smallest absolute Gasteiger partial charge is 0.339 e. The van der Waals surface area contributed by atoms with Crippen LogP contribution in [0.3, 0.4) is 0 Å². The number of benzene rings is 1. The van der Waals surface area contributed by atoms with Crippen LogP contribution in [0.15, 0.2) is 24.3 Å². The summed E-state index contributed by atoms with van der Waals surface area (Å²) in [5.74, 6) is -1.37. The Morgan fingerprint density at radius 2 is 1.29 bits per heavy atom. The molecule has 31 heavy (non-hydrogen) atoms. The summed E-state index contributed by atoms with van der Waals surface area (Å²) in [6.45, 7) is 6.45. The van der Waals surface area contributed by atoms with E-state index in [9.17, 15) is 14.7 Å². The second-order valence-electron chi connectivity index (χ2n) is 8.86. The van der Waals surface area contributed by atoms with E-state index in [0.717, 1.165) is 25.7 Å². The number of hydrogen-bond donors (Lipinski definition) is 1. The van der Waals surface area contributed by atoms with Gasteiger partial charge < -0.3 is 9.84 Å². The number of aromatic carboxylic acids is 1. The second kappa shape index (κ2) is 16.8. The fraction of sp³-hybridized carbons (Fsp3) is 0.704. The minimum Gasteiger partial charge on any atom is -0.478 e. The molecule has 2 atom stereocenters. The average molecular weight is 433 g/mol. The summed E-state index contributed by atoms with van der Waals surface area (Å²) in [6, 6.07) is 6.27. The highest BCUT2D eigenvalue weighted by Crippen LogP contribution is 2.22. The molecule has 0 amide bonds. The van der Waals surface area contributed by atoms with Gasteiger partial charge in [-0.15, -0.1) is 0 Å². The van der Waals surface area contributed by atoms with Crippen LogP contribution in [0.2, 0.25) is 0 Å². The molecule has 0 aromatic heterocycles. The Morgan fingerprint density at radius 1 is 0.806 bits per heavy atom. The van der Waals surface area contributed by atoms with Crippen LogP contribution in [0.1, 0.15) is 131 Å². The number of rotatable bonds is 18. The lowest BCUT2D eigenvalue weighted by atomic mass is 9.95. The molecule has 1 aromatic carbocycles. The van der Waals surface area contributed by atoms with E-state index in [1.54, 1.807) is 12.1 Å². The number of unbranched alkanes of at least 4 members (excludes halogenated alkanes) is 11. The minimum absolute atomic E-state index is 0.000708. The summed E-state index contributed by atoms with van der Waals surface area (Å²) >= 11 is 0. The van der Waals surface area contributed by atoms with Gasteiger partial charge in [0.1, 0.15) is 6.10 Å². The maximum absolute atomic E-state index is 12.6. The Hall–Kier alpha value is -1.84. The Morgan fingerprint density at radius 3 is 1.77 bits per heavy atom. The van der Waals surface area contributed by atoms with Crippen LogP contribution in [0.4, 0.5) is 0 Å². The molecule has 0 spiro atoms. The molecule has 0 heterocycles. The van der Waals surface area contributed by atoms with Crippen LogP contribution in [-0.2, 0) is 4.74 Å². The number of esters is 1. The molecule has 4 nitrogen and oxygen atoms in total. The van der Waals surface area contributed by atoms with Crippen LogP contribution in [0.5, 0.6) is 0 Å². The number of carboxylic acids is 1. The molecule has 0 aliphatic heterocycles. The predicted molar refractivity (Wildman–Crippen MR) is 128 cm³/mol. The van der Waals surface area contributed by atoms with Gasteiger partial charge in [0.05, 0.1) is 11.1 Å². The zero-order chi connectivity index (χ0) is 22.9. The molecule has 0 aliphatic carbocycles. The molecule has 1 N–H and O–H groups in total. The second-order valence-corrected chi connectivity index (χ2v) is 8.86. The first kappa shape index (κ1) is 27.2. The SMILES string of the molecule is CCCCCCCCCCCCCCC(OC(=O)c1ccccc1C(=O)O)C(C)CC. The van der Waals surface area contributed by atoms with Crippen molar-refractivity contribution in [3.05, 3.63) is 35.4 Å². The van der Waals surface area contributed by atoms with Gasteiger partial charge in [0.15, 0.2) is 0 Å². The highest BCUT2D eigenvalue weighted by atomic mass is 16.5. The van der Waals surface area contributed by atoms with Gasteiger partial charge in [-0.05, 0) is 30.9 Å². The van der Waals surface area contributed by atoms with E-state index in [0.29, 0.717) is 0 Å². The van der Waals surface area contributed by atoms with Crippen molar-refractivity contribution >= 4 is 11.9 Å². The molecule has 0 saturated carbocycles. The summed E-state index contributed by atoms with van der Waals surface area (Å²) in [6.07, 6.45) is 17.2. The van der Waals surface area contributed by atoms with Crippen molar-refractivity contribution in [1.29, 1.82) is 0 Å². The lowest BCUT2D eigenvalue weighted by Crippen LogP contribution is -2.26. The van der Waals surface area contributed by atoms with Crippen LogP contribution in [0, 0.1) is 5.92 Å². The molecular formula is C27H44O4. The number of carboxylic acid groups (broad SMARTS) is 1. The van der Waals surface area contributed by atoms with E-state index in [2.05, 4.69) is 20.8 Å². The first-order valence-corrected chi connectivity index (χ1v) is 12.5. The van der Waals surface area contributed by atoms with Gasteiger partial charge in [-0.2, -0.15) is 0 Å². The molecule has 0 fully saturated rings. The van der Waals surface area contributed by atoms with Crippen LogP contribution in [0.25, 0.3) is 0 Å². The summed E-state index contributed by atoms with van der Waals surface area (Å²) in [5.41, 5.74) is 0.138. The summed E-state index contributed by atoms with van der Waals surface area (Å²) in [4.78, 5) is 24.0. The lowest BCUT2D eigenvalue weighted by Gasteiger charge is -2.23.